The third-order valence-electron chi connectivity index (χ3n) is 4.77. The van der Waals surface area contributed by atoms with E-state index in [2.05, 4.69) is 18.7 Å². The summed E-state index contributed by atoms with van der Waals surface area (Å²) < 4.78 is 0. The Labute approximate surface area is 117 Å². The lowest BCUT2D eigenvalue weighted by atomic mass is 10.0. The first-order valence-corrected chi connectivity index (χ1v) is 7.93. The van der Waals surface area contributed by atoms with Gasteiger partial charge in [0.2, 0.25) is 5.91 Å². The number of carbonyl (C=O) groups excluding carboxylic acids is 1. The zero-order valence-corrected chi connectivity index (χ0v) is 12.5. The molecule has 4 heteroatoms. The first-order chi connectivity index (χ1) is 9.13. The largest absolute Gasteiger partial charge is 0.341 e. The van der Waals surface area contributed by atoms with Crippen molar-refractivity contribution in [3.63, 3.8) is 0 Å². The average molecular weight is 267 g/mol. The zero-order valence-electron chi connectivity index (χ0n) is 12.5. The number of likely N-dealkylation sites (tertiary alicyclic amines) is 2. The molecule has 2 fully saturated rings. The van der Waals surface area contributed by atoms with Gasteiger partial charge in [0.15, 0.2) is 0 Å². The number of nitrogens with two attached hydrogens (primary N) is 1. The summed E-state index contributed by atoms with van der Waals surface area (Å²) in [5, 5.41) is 0. The minimum absolute atomic E-state index is 0.162. The Hall–Kier alpha value is -0.610. The summed E-state index contributed by atoms with van der Waals surface area (Å²) in [6, 6.07) is 1.13. The number of hydrogen-bond acceptors (Lipinski definition) is 3. The summed E-state index contributed by atoms with van der Waals surface area (Å²) in [5.74, 6) is 0.162. The molecule has 0 spiro atoms. The lowest BCUT2D eigenvalue weighted by molar-refractivity contribution is -0.134. The number of amides is 1. The summed E-state index contributed by atoms with van der Waals surface area (Å²) in [6.07, 6.45) is 6.70. The van der Waals surface area contributed by atoms with Crippen molar-refractivity contribution in [1.82, 2.24) is 9.80 Å². The predicted molar refractivity (Wildman–Crippen MR) is 77.9 cm³/mol. The highest BCUT2D eigenvalue weighted by atomic mass is 16.2. The van der Waals surface area contributed by atoms with Crippen LogP contribution in [0, 0.1) is 0 Å². The van der Waals surface area contributed by atoms with Crippen LogP contribution in [-0.2, 0) is 4.79 Å². The second-order valence-electron chi connectivity index (χ2n) is 6.18. The zero-order chi connectivity index (χ0) is 13.8. The van der Waals surface area contributed by atoms with Crippen LogP contribution >= 0.6 is 0 Å². The predicted octanol–water partition coefficient (Wildman–Crippen LogP) is 1.59. The van der Waals surface area contributed by atoms with Crippen LogP contribution in [0.1, 0.15) is 52.4 Å². The van der Waals surface area contributed by atoms with Crippen LogP contribution in [0.15, 0.2) is 0 Å². The Balaban J connectivity index is 1.80. The lowest BCUT2D eigenvalue weighted by Gasteiger charge is -2.39. The SMILES string of the molecule is CCC[C@@H](N)C(=O)N1CCC(N2CCC[C@H]2C)CC1. The molecule has 0 radical (unpaired) electrons. The topological polar surface area (TPSA) is 49.6 Å². The summed E-state index contributed by atoms with van der Waals surface area (Å²) in [4.78, 5) is 16.8. The molecule has 110 valence electrons. The van der Waals surface area contributed by atoms with E-state index in [4.69, 9.17) is 5.73 Å². The molecule has 0 aromatic heterocycles. The van der Waals surface area contributed by atoms with Crippen molar-refractivity contribution in [2.75, 3.05) is 19.6 Å². The van der Waals surface area contributed by atoms with Crippen LogP contribution in [0.5, 0.6) is 0 Å². The van der Waals surface area contributed by atoms with E-state index in [1.54, 1.807) is 0 Å². The van der Waals surface area contributed by atoms with E-state index in [-0.39, 0.29) is 11.9 Å². The van der Waals surface area contributed by atoms with Crippen molar-refractivity contribution in [1.29, 1.82) is 0 Å². The molecular weight excluding hydrogens is 238 g/mol. The molecule has 2 aliphatic rings. The Kier molecular flexibility index (Phi) is 5.22. The smallest absolute Gasteiger partial charge is 0.239 e. The maximum absolute atomic E-state index is 12.2. The van der Waals surface area contributed by atoms with Gasteiger partial charge in [-0.25, -0.2) is 0 Å². The lowest BCUT2D eigenvalue weighted by Crippen LogP contribution is -2.51. The molecule has 19 heavy (non-hydrogen) atoms. The molecular formula is C15H29N3O. The molecule has 0 aromatic rings. The standard InChI is InChI=1S/C15H29N3O/c1-3-5-14(16)15(19)17-10-7-13(8-11-17)18-9-4-6-12(18)2/h12-14H,3-11,16H2,1-2H3/t12-,14-/m1/s1. The Morgan fingerprint density at radius 2 is 1.95 bits per heavy atom. The highest BCUT2D eigenvalue weighted by Crippen LogP contribution is 2.25. The van der Waals surface area contributed by atoms with Gasteiger partial charge < -0.3 is 10.6 Å². The van der Waals surface area contributed by atoms with Crippen LogP contribution in [-0.4, -0.2) is 53.5 Å². The minimum atomic E-state index is -0.285. The highest BCUT2D eigenvalue weighted by Gasteiger charge is 2.32. The Bertz CT molecular complexity index is 300. The number of hydrogen-bond donors (Lipinski definition) is 1. The maximum atomic E-state index is 12.2. The molecule has 2 saturated heterocycles. The molecule has 2 atom stereocenters. The minimum Gasteiger partial charge on any atom is -0.341 e. The number of rotatable bonds is 4. The quantitative estimate of drug-likeness (QED) is 0.841. The second-order valence-corrected chi connectivity index (χ2v) is 6.18. The van der Waals surface area contributed by atoms with Gasteiger partial charge in [0.05, 0.1) is 6.04 Å². The molecule has 2 aliphatic heterocycles. The van der Waals surface area contributed by atoms with Crippen molar-refractivity contribution in [2.24, 2.45) is 5.73 Å². The monoisotopic (exact) mass is 267 g/mol. The number of nitrogens with zero attached hydrogens (tertiary/aromatic N) is 2. The molecule has 0 saturated carbocycles. The van der Waals surface area contributed by atoms with Gasteiger partial charge in [0.25, 0.3) is 0 Å². The highest BCUT2D eigenvalue weighted by molar-refractivity contribution is 5.81. The van der Waals surface area contributed by atoms with Crippen LogP contribution < -0.4 is 5.73 Å². The summed E-state index contributed by atoms with van der Waals surface area (Å²) >= 11 is 0. The second kappa shape index (κ2) is 6.71. The molecule has 0 unspecified atom stereocenters. The fourth-order valence-corrected chi connectivity index (χ4v) is 3.58. The molecule has 0 bridgehead atoms. The third-order valence-corrected chi connectivity index (χ3v) is 4.77. The molecule has 0 aliphatic carbocycles. The van der Waals surface area contributed by atoms with E-state index in [9.17, 15) is 4.79 Å². The van der Waals surface area contributed by atoms with E-state index >= 15 is 0 Å². The van der Waals surface area contributed by atoms with Gasteiger partial charge >= 0.3 is 0 Å². The third kappa shape index (κ3) is 3.48. The first-order valence-electron chi connectivity index (χ1n) is 7.93. The van der Waals surface area contributed by atoms with E-state index in [1.165, 1.54) is 19.4 Å². The fourth-order valence-electron chi connectivity index (χ4n) is 3.58. The molecule has 1 amide bonds. The average Bonchev–Trinajstić information content (AvgIpc) is 2.84. The summed E-state index contributed by atoms with van der Waals surface area (Å²) in [7, 11) is 0. The Morgan fingerprint density at radius 3 is 2.47 bits per heavy atom. The van der Waals surface area contributed by atoms with Gasteiger partial charge in [-0.2, -0.15) is 0 Å². The van der Waals surface area contributed by atoms with Crippen LogP contribution in [0.2, 0.25) is 0 Å². The molecule has 2 N–H and O–H groups in total. The van der Waals surface area contributed by atoms with Gasteiger partial charge in [-0.15, -0.1) is 0 Å². The normalized spacial score (nSPS) is 27.7. The molecule has 4 nitrogen and oxygen atoms in total. The van der Waals surface area contributed by atoms with Gasteiger partial charge in [-0.3, -0.25) is 9.69 Å². The first kappa shape index (κ1) is 14.8. The van der Waals surface area contributed by atoms with E-state index in [1.807, 2.05) is 4.90 Å². The van der Waals surface area contributed by atoms with Gasteiger partial charge in [0, 0.05) is 25.2 Å². The van der Waals surface area contributed by atoms with E-state index < -0.39 is 0 Å². The van der Waals surface area contributed by atoms with Crippen molar-refractivity contribution in [3.8, 4) is 0 Å². The Morgan fingerprint density at radius 1 is 1.26 bits per heavy atom. The number of carbonyl (C=O) groups is 1. The fraction of sp³-hybridized carbons (Fsp3) is 0.933. The van der Waals surface area contributed by atoms with Crippen molar-refractivity contribution >= 4 is 5.91 Å². The van der Waals surface area contributed by atoms with Gasteiger partial charge in [0.1, 0.15) is 0 Å². The van der Waals surface area contributed by atoms with Crippen molar-refractivity contribution in [3.05, 3.63) is 0 Å². The maximum Gasteiger partial charge on any atom is 0.239 e. The molecule has 2 rings (SSSR count). The number of piperidine rings is 1. The van der Waals surface area contributed by atoms with Gasteiger partial charge in [-0.1, -0.05) is 13.3 Å². The van der Waals surface area contributed by atoms with Crippen LogP contribution in [0.4, 0.5) is 0 Å². The van der Waals surface area contributed by atoms with Crippen molar-refractivity contribution in [2.45, 2.75) is 70.5 Å². The van der Waals surface area contributed by atoms with Crippen LogP contribution in [0.3, 0.4) is 0 Å². The van der Waals surface area contributed by atoms with Gasteiger partial charge in [-0.05, 0) is 45.6 Å². The molecule has 2 heterocycles. The van der Waals surface area contributed by atoms with E-state index in [0.29, 0.717) is 6.04 Å². The van der Waals surface area contributed by atoms with Crippen molar-refractivity contribution < 1.29 is 4.79 Å². The van der Waals surface area contributed by atoms with Crippen LogP contribution in [0.25, 0.3) is 0 Å². The summed E-state index contributed by atoms with van der Waals surface area (Å²) in [6.45, 7) is 7.44. The van der Waals surface area contributed by atoms with E-state index in [0.717, 1.165) is 44.8 Å². The summed E-state index contributed by atoms with van der Waals surface area (Å²) in [5.41, 5.74) is 5.94. The molecule has 0 aromatic carbocycles.